The standard InChI is InChI=1S/C24H25N3O2/c1-17-21(10-5-13-25-17)24(28)22-11-4-12-23(26-22)27-14-6-8-19(16-27)18-7-3-9-20(15-18)29-2/h3-5,7,9-13,15,19H,6,8,14,16H2,1-2H3. The lowest BCUT2D eigenvalue weighted by Gasteiger charge is -2.34. The Morgan fingerprint density at radius 3 is 2.83 bits per heavy atom. The molecule has 3 aromatic rings. The minimum atomic E-state index is -0.0844. The number of hydrogen-bond acceptors (Lipinski definition) is 5. The molecular weight excluding hydrogens is 362 g/mol. The Labute approximate surface area is 171 Å². The first-order chi connectivity index (χ1) is 14.2. The minimum Gasteiger partial charge on any atom is -0.497 e. The van der Waals surface area contributed by atoms with Gasteiger partial charge in [-0.25, -0.2) is 4.98 Å². The molecule has 2 aromatic heterocycles. The molecule has 0 spiro atoms. The molecule has 0 bridgehead atoms. The van der Waals surface area contributed by atoms with Crippen molar-refractivity contribution in [2.45, 2.75) is 25.7 Å². The summed E-state index contributed by atoms with van der Waals surface area (Å²) in [6.07, 6.45) is 3.92. The van der Waals surface area contributed by atoms with Gasteiger partial charge in [0.2, 0.25) is 5.78 Å². The molecule has 0 radical (unpaired) electrons. The summed E-state index contributed by atoms with van der Waals surface area (Å²) in [5.41, 5.74) is 3.07. The van der Waals surface area contributed by atoms with E-state index in [0.29, 0.717) is 17.2 Å². The summed E-state index contributed by atoms with van der Waals surface area (Å²) >= 11 is 0. The molecule has 29 heavy (non-hydrogen) atoms. The summed E-state index contributed by atoms with van der Waals surface area (Å²) in [6.45, 7) is 3.67. The van der Waals surface area contributed by atoms with Gasteiger partial charge in [-0.2, -0.15) is 0 Å². The number of nitrogens with zero attached hydrogens (tertiary/aromatic N) is 3. The van der Waals surface area contributed by atoms with Crippen molar-refractivity contribution in [2.75, 3.05) is 25.1 Å². The second-order valence-corrected chi connectivity index (χ2v) is 7.41. The molecule has 1 aliphatic rings. The average molecular weight is 387 g/mol. The number of methoxy groups -OCH3 is 1. The predicted molar refractivity (Wildman–Crippen MR) is 114 cm³/mol. The highest BCUT2D eigenvalue weighted by Gasteiger charge is 2.23. The first-order valence-electron chi connectivity index (χ1n) is 9.98. The Kier molecular flexibility index (Phi) is 5.56. The molecule has 5 heteroatoms. The molecule has 1 aliphatic heterocycles. The van der Waals surface area contributed by atoms with Crippen LogP contribution in [0.2, 0.25) is 0 Å². The molecule has 3 heterocycles. The molecule has 1 aromatic carbocycles. The fourth-order valence-electron chi connectivity index (χ4n) is 3.94. The van der Waals surface area contributed by atoms with E-state index in [2.05, 4.69) is 22.0 Å². The van der Waals surface area contributed by atoms with Crippen molar-refractivity contribution >= 4 is 11.6 Å². The van der Waals surface area contributed by atoms with Gasteiger partial charge in [-0.15, -0.1) is 0 Å². The summed E-state index contributed by atoms with van der Waals surface area (Å²) in [5, 5.41) is 0. The Hall–Kier alpha value is -3.21. The number of ether oxygens (including phenoxy) is 1. The van der Waals surface area contributed by atoms with Crippen LogP contribution in [0.15, 0.2) is 60.8 Å². The number of rotatable bonds is 5. The van der Waals surface area contributed by atoms with Crippen molar-refractivity contribution in [1.29, 1.82) is 0 Å². The van der Waals surface area contributed by atoms with Gasteiger partial charge in [0.25, 0.3) is 0 Å². The van der Waals surface area contributed by atoms with Gasteiger partial charge in [-0.1, -0.05) is 18.2 Å². The Bertz CT molecular complexity index is 1020. The third-order valence-corrected chi connectivity index (χ3v) is 5.53. The van der Waals surface area contributed by atoms with Gasteiger partial charge in [0.15, 0.2) is 0 Å². The number of aromatic nitrogens is 2. The van der Waals surface area contributed by atoms with Crippen LogP contribution in [0.25, 0.3) is 0 Å². The van der Waals surface area contributed by atoms with Gasteiger partial charge in [0, 0.05) is 36.5 Å². The van der Waals surface area contributed by atoms with Crippen molar-refractivity contribution in [1.82, 2.24) is 9.97 Å². The Morgan fingerprint density at radius 1 is 1.14 bits per heavy atom. The normalized spacial score (nSPS) is 16.5. The fourth-order valence-corrected chi connectivity index (χ4v) is 3.94. The number of anilines is 1. The van der Waals surface area contributed by atoms with Gasteiger partial charge < -0.3 is 9.64 Å². The summed E-state index contributed by atoms with van der Waals surface area (Å²) in [4.78, 5) is 24.1. The van der Waals surface area contributed by atoms with E-state index in [4.69, 9.17) is 9.72 Å². The third-order valence-electron chi connectivity index (χ3n) is 5.53. The van der Waals surface area contributed by atoms with Crippen molar-refractivity contribution < 1.29 is 9.53 Å². The van der Waals surface area contributed by atoms with Crippen LogP contribution < -0.4 is 9.64 Å². The smallest absolute Gasteiger partial charge is 0.213 e. The van der Waals surface area contributed by atoms with Gasteiger partial charge in [-0.05, 0) is 61.7 Å². The average Bonchev–Trinajstić information content (AvgIpc) is 2.79. The zero-order chi connectivity index (χ0) is 20.2. The highest BCUT2D eigenvalue weighted by molar-refractivity contribution is 6.08. The van der Waals surface area contributed by atoms with Gasteiger partial charge in [-0.3, -0.25) is 9.78 Å². The van der Waals surface area contributed by atoms with E-state index in [9.17, 15) is 4.79 Å². The lowest BCUT2D eigenvalue weighted by molar-refractivity contribution is 0.103. The van der Waals surface area contributed by atoms with Crippen LogP contribution in [-0.2, 0) is 0 Å². The number of piperidine rings is 1. The lowest BCUT2D eigenvalue weighted by Crippen LogP contribution is -2.35. The summed E-state index contributed by atoms with van der Waals surface area (Å²) < 4.78 is 5.38. The molecule has 1 fully saturated rings. The molecule has 0 amide bonds. The van der Waals surface area contributed by atoms with E-state index in [1.807, 2.05) is 31.2 Å². The summed E-state index contributed by atoms with van der Waals surface area (Å²) in [6, 6.07) is 17.6. The molecule has 1 atom stereocenters. The van der Waals surface area contributed by atoms with Crippen molar-refractivity contribution in [3.8, 4) is 5.75 Å². The van der Waals surface area contributed by atoms with Crippen LogP contribution in [0.4, 0.5) is 5.82 Å². The SMILES string of the molecule is COc1cccc(C2CCCN(c3cccc(C(=O)c4cccnc4C)n3)C2)c1. The van der Waals surface area contributed by atoms with Crippen LogP contribution in [-0.4, -0.2) is 36.0 Å². The number of carbonyl (C=O) groups excluding carboxylic acids is 1. The second kappa shape index (κ2) is 8.43. The van der Waals surface area contributed by atoms with Crippen LogP contribution in [0.5, 0.6) is 5.75 Å². The molecule has 0 aliphatic carbocycles. The van der Waals surface area contributed by atoms with E-state index in [0.717, 1.165) is 43.2 Å². The summed E-state index contributed by atoms with van der Waals surface area (Å²) in [5.74, 6) is 2.07. The van der Waals surface area contributed by atoms with Crippen molar-refractivity contribution in [3.05, 3.63) is 83.3 Å². The van der Waals surface area contributed by atoms with Gasteiger partial charge in [0.05, 0.1) is 7.11 Å². The lowest BCUT2D eigenvalue weighted by atomic mass is 9.90. The van der Waals surface area contributed by atoms with Crippen molar-refractivity contribution in [2.24, 2.45) is 0 Å². The number of carbonyl (C=O) groups is 1. The number of pyridine rings is 2. The zero-order valence-corrected chi connectivity index (χ0v) is 16.8. The number of ketones is 1. The summed E-state index contributed by atoms with van der Waals surface area (Å²) in [7, 11) is 1.70. The molecule has 4 rings (SSSR count). The Morgan fingerprint density at radius 2 is 2.00 bits per heavy atom. The maximum absolute atomic E-state index is 12.9. The van der Waals surface area contributed by atoms with Crippen LogP contribution in [0.1, 0.15) is 46.1 Å². The number of aryl methyl sites for hydroxylation is 1. The quantitative estimate of drug-likeness (QED) is 0.607. The highest BCUT2D eigenvalue weighted by Crippen LogP contribution is 2.31. The van der Waals surface area contributed by atoms with Crippen molar-refractivity contribution in [3.63, 3.8) is 0 Å². The van der Waals surface area contributed by atoms with Gasteiger partial charge >= 0.3 is 0 Å². The zero-order valence-electron chi connectivity index (χ0n) is 16.8. The Balaban J connectivity index is 1.56. The van der Waals surface area contributed by atoms with E-state index < -0.39 is 0 Å². The van der Waals surface area contributed by atoms with E-state index in [1.54, 1.807) is 31.5 Å². The first kappa shape index (κ1) is 19.1. The van der Waals surface area contributed by atoms with E-state index in [-0.39, 0.29) is 5.78 Å². The largest absolute Gasteiger partial charge is 0.497 e. The topological polar surface area (TPSA) is 55.3 Å². The molecular formula is C24H25N3O2. The first-order valence-corrected chi connectivity index (χ1v) is 9.98. The maximum Gasteiger partial charge on any atom is 0.213 e. The molecule has 0 N–H and O–H groups in total. The van der Waals surface area contributed by atoms with Crippen LogP contribution >= 0.6 is 0 Å². The molecule has 148 valence electrons. The fraction of sp³-hybridized carbons (Fsp3) is 0.292. The maximum atomic E-state index is 12.9. The van der Waals surface area contributed by atoms with E-state index in [1.165, 1.54) is 5.56 Å². The number of hydrogen-bond donors (Lipinski definition) is 0. The monoisotopic (exact) mass is 387 g/mol. The molecule has 1 saturated heterocycles. The van der Waals surface area contributed by atoms with Gasteiger partial charge in [0.1, 0.15) is 17.3 Å². The molecule has 0 saturated carbocycles. The number of benzene rings is 1. The molecule has 5 nitrogen and oxygen atoms in total. The highest BCUT2D eigenvalue weighted by atomic mass is 16.5. The third kappa shape index (κ3) is 4.14. The molecule has 1 unspecified atom stereocenters. The minimum absolute atomic E-state index is 0.0844. The van der Waals surface area contributed by atoms with Crippen LogP contribution in [0, 0.1) is 6.92 Å². The second-order valence-electron chi connectivity index (χ2n) is 7.41. The van der Waals surface area contributed by atoms with Crippen LogP contribution in [0.3, 0.4) is 0 Å². The predicted octanol–water partition coefficient (Wildman–Crippen LogP) is 4.41. The van der Waals surface area contributed by atoms with E-state index >= 15 is 0 Å².